The van der Waals surface area contributed by atoms with E-state index in [0.717, 1.165) is 22.7 Å². The molecule has 0 saturated carbocycles. The lowest BCUT2D eigenvalue weighted by atomic mass is 10.1. The fraction of sp³-hybridized carbons (Fsp3) is 0.444. The van der Waals surface area contributed by atoms with Gasteiger partial charge in [-0.05, 0) is 37.5 Å². The molecule has 1 fully saturated rings. The van der Waals surface area contributed by atoms with Gasteiger partial charge in [-0.1, -0.05) is 6.07 Å². The number of carbonyl (C=O) groups is 1. The van der Waals surface area contributed by atoms with Crippen molar-refractivity contribution in [1.82, 2.24) is 14.0 Å². The predicted octanol–water partition coefficient (Wildman–Crippen LogP) is 2.83. The molecule has 1 aliphatic rings. The summed E-state index contributed by atoms with van der Waals surface area (Å²) in [7, 11) is -2.67. The zero-order valence-corrected chi connectivity index (χ0v) is 17.5. The molecule has 0 unspecified atom stereocenters. The Kier molecular flexibility index (Phi) is 6.57. The van der Waals surface area contributed by atoms with Crippen molar-refractivity contribution in [3.05, 3.63) is 41.3 Å². The van der Waals surface area contributed by atoms with Crippen molar-refractivity contribution in [1.29, 1.82) is 0 Å². The number of hydrogen-bond acceptors (Lipinski definition) is 7. The summed E-state index contributed by atoms with van der Waals surface area (Å²) in [6.07, 6.45) is -2.38. The van der Waals surface area contributed by atoms with Crippen molar-refractivity contribution < 1.29 is 35.5 Å². The molecule has 31 heavy (non-hydrogen) atoms. The largest absolute Gasteiger partial charge is 0.431 e. The van der Waals surface area contributed by atoms with Crippen molar-refractivity contribution in [3.8, 4) is 0 Å². The van der Waals surface area contributed by atoms with E-state index in [1.165, 1.54) is 13.2 Å². The Morgan fingerprint density at radius 2 is 2.13 bits per heavy atom. The first-order valence-corrected chi connectivity index (χ1v) is 10.7. The normalized spacial score (nSPS) is 17.6. The number of aromatic nitrogens is 1. The second-order valence-corrected chi connectivity index (χ2v) is 8.61. The van der Waals surface area contributed by atoms with E-state index in [4.69, 9.17) is 9.15 Å². The zero-order chi connectivity index (χ0) is 22.8. The topological polar surface area (TPSA) is 114 Å². The molecule has 3 rings (SSSR count). The minimum absolute atomic E-state index is 0.0794. The average molecular weight is 462 g/mol. The van der Waals surface area contributed by atoms with Crippen LogP contribution in [0.2, 0.25) is 0 Å². The lowest BCUT2D eigenvalue weighted by Crippen LogP contribution is -2.47. The molecule has 0 spiro atoms. The number of hydrogen-bond donors (Lipinski definition) is 2. The number of ether oxygens (including phenoxy) is 1. The van der Waals surface area contributed by atoms with Crippen LogP contribution in [-0.2, 0) is 21.1 Å². The Labute approximate surface area is 176 Å². The highest BCUT2D eigenvalue weighted by Gasteiger charge is 2.36. The second-order valence-electron chi connectivity index (χ2n) is 6.99. The molecule has 0 radical (unpaired) electrons. The number of amides is 1. The van der Waals surface area contributed by atoms with Crippen LogP contribution in [0.15, 0.2) is 28.9 Å². The molecule has 1 aromatic carbocycles. The Morgan fingerprint density at radius 3 is 2.81 bits per heavy atom. The van der Waals surface area contributed by atoms with E-state index in [1.807, 2.05) is 4.72 Å². The van der Waals surface area contributed by atoms with Gasteiger partial charge in [-0.3, -0.25) is 4.79 Å². The third-order valence-electron chi connectivity index (χ3n) is 4.76. The molecule has 13 heteroatoms. The van der Waals surface area contributed by atoms with Gasteiger partial charge in [0.1, 0.15) is 6.26 Å². The molecule has 2 heterocycles. The maximum atomic E-state index is 12.9. The van der Waals surface area contributed by atoms with Gasteiger partial charge >= 0.3 is 16.4 Å². The van der Waals surface area contributed by atoms with Gasteiger partial charge in [0.25, 0.3) is 11.9 Å². The number of nitrogens with zero attached hydrogens (tertiary/aromatic N) is 2. The lowest BCUT2D eigenvalue weighted by Gasteiger charge is -2.23. The SMILES string of the molecule is COC[C@H]1CCCN1S(=O)(=O)NC(=O)c1coc(Nc2cc(C(F)(F)F)ccc2C)n1. The van der Waals surface area contributed by atoms with Gasteiger partial charge in [-0.15, -0.1) is 0 Å². The monoisotopic (exact) mass is 462 g/mol. The number of carbonyl (C=O) groups excluding carboxylic acids is 1. The highest BCUT2D eigenvalue weighted by Crippen LogP contribution is 2.33. The smallest absolute Gasteiger partial charge is 0.416 e. The third kappa shape index (κ3) is 5.35. The van der Waals surface area contributed by atoms with Crippen LogP contribution in [0, 0.1) is 6.92 Å². The standard InChI is InChI=1S/C18H21F3N4O5S/c1-11-5-6-12(18(19,20)21)8-14(11)22-17-23-15(10-30-17)16(26)24-31(27,28)25-7-3-4-13(25)9-29-2/h5-6,8,10,13H,3-4,7,9H2,1-2H3,(H,22,23)(H,24,26)/t13-/m1/s1. The summed E-state index contributed by atoms with van der Waals surface area (Å²) in [5, 5.41) is 2.57. The van der Waals surface area contributed by atoms with Crippen molar-refractivity contribution in [3.63, 3.8) is 0 Å². The second kappa shape index (κ2) is 8.85. The molecule has 9 nitrogen and oxygen atoms in total. The van der Waals surface area contributed by atoms with Gasteiger partial charge in [0.15, 0.2) is 5.69 Å². The molecule has 2 N–H and O–H groups in total. The summed E-state index contributed by atoms with van der Waals surface area (Å²) < 4.78 is 77.0. The molecule has 1 amide bonds. The molecule has 0 bridgehead atoms. The van der Waals surface area contributed by atoms with Crippen molar-refractivity contribution in [2.45, 2.75) is 32.0 Å². The highest BCUT2D eigenvalue weighted by atomic mass is 32.2. The Morgan fingerprint density at radius 1 is 1.39 bits per heavy atom. The van der Waals surface area contributed by atoms with Gasteiger partial charge in [0, 0.05) is 25.4 Å². The lowest BCUT2D eigenvalue weighted by molar-refractivity contribution is -0.137. The van der Waals surface area contributed by atoms with E-state index in [0.29, 0.717) is 18.4 Å². The summed E-state index contributed by atoms with van der Waals surface area (Å²) >= 11 is 0. The van der Waals surface area contributed by atoms with Crippen LogP contribution >= 0.6 is 0 Å². The maximum Gasteiger partial charge on any atom is 0.416 e. The quantitative estimate of drug-likeness (QED) is 0.650. The van der Waals surface area contributed by atoms with E-state index in [9.17, 15) is 26.4 Å². The summed E-state index contributed by atoms with van der Waals surface area (Å²) in [6.45, 7) is 2.03. The number of aryl methyl sites for hydroxylation is 1. The summed E-state index contributed by atoms with van der Waals surface area (Å²) in [6, 6.07) is 2.46. The first-order chi connectivity index (χ1) is 14.5. The van der Waals surface area contributed by atoms with Crippen molar-refractivity contribution in [2.75, 3.05) is 25.6 Å². The summed E-state index contributed by atoms with van der Waals surface area (Å²) in [4.78, 5) is 16.2. The summed E-state index contributed by atoms with van der Waals surface area (Å²) in [5.41, 5.74) is -0.653. The van der Waals surface area contributed by atoms with Crippen LogP contribution < -0.4 is 10.0 Å². The third-order valence-corrected chi connectivity index (χ3v) is 6.30. The number of anilines is 2. The molecule has 1 aromatic heterocycles. The Balaban J connectivity index is 1.72. The maximum absolute atomic E-state index is 12.9. The number of nitrogens with one attached hydrogen (secondary N) is 2. The van der Waals surface area contributed by atoms with E-state index < -0.39 is 27.9 Å². The first-order valence-electron chi connectivity index (χ1n) is 9.24. The molecule has 1 aliphatic heterocycles. The van der Waals surface area contributed by atoms with Crippen LogP contribution in [0.1, 0.15) is 34.5 Å². The minimum Gasteiger partial charge on any atom is -0.431 e. The number of halogens is 3. The van der Waals surface area contributed by atoms with E-state index in [1.54, 1.807) is 6.92 Å². The fourth-order valence-corrected chi connectivity index (χ4v) is 4.58. The fourth-order valence-electron chi connectivity index (χ4n) is 3.20. The molecule has 170 valence electrons. The van der Waals surface area contributed by atoms with Crippen LogP contribution in [-0.4, -0.2) is 49.9 Å². The van der Waals surface area contributed by atoms with Crippen LogP contribution in [0.5, 0.6) is 0 Å². The van der Waals surface area contributed by atoms with E-state index >= 15 is 0 Å². The van der Waals surface area contributed by atoms with Crippen molar-refractivity contribution in [2.24, 2.45) is 0 Å². The first kappa shape index (κ1) is 23.0. The van der Waals surface area contributed by atoms with Gasteiger partial charge < -0.3 is 14.5 Å². The van der Waals surface area contributed by atoms with Crippen molar-refractivity contribution >= 4 is 27.8 Å². The molecular formula is C18H21F3N4O5S. The number of alkyl halides is 3. The van der Waals surface area contributed by atoms with Gasteiger partial charge in [0.05, 0.1) is 12.2 Å². The number of benzene rings is 1. The molecule has 0 aliphatic carbocycles. The minimum atomic E-state index is -4.53. The Hall–Kier alpha value is -2.64. The average Bonchev–Trinajstić information content (AvgIpc) is 3.32. The predicted molar refractivity (Wildman–Crippen MR) is 104 cm³/mol. The zero-order valence-electron chi connectivity index (χ0n) is 16.7. The van der Waals surface area contributed by atoms with Crippen LogP contribution in [0.4, 0.5) is 24.9 Å². The van der Waals surface area contributed by atoms with E-state index in [-0.39, 0.29) is 36.6 Å². The number of oxazole rings is 1. The van der Waals surface area contributed by atoms with Gasteiger partial charge in [-0.2, -0.15) is 30.9 Å². The van der Waals surface area contributed by atoms with Crippen LogP contribution in [0.25, 0.3) is 0 Å². The summed E-state index contributed by atoms with van der Waals surface area (Å²) in [5.74, 6) is -1.03. The van der Waals surface area contributed by atoms with Crippen LogP contribution in [0.3, 0.4) is 0 Å². The van der Waals surface area contributed by atoms with Gasteiger partial charge in [-0.25, -0.2) is 4.72 Å². The van der Waals surface area contributed by atoms with Gasteiger partial charge in [0.2, 0.25) is 0 Å². The number of rotatable bonds is 7. The molecule has 1 atom stereocenters. The highest BCUT2D eigenvalue weighted by molar-refractivity contribution is 7.87. The molecule has 1 saturated heterocycles. The van der Waals surface area contributed by atoms with E-state index in [2.05, 4.69) is 10.3 Å². The Bertz CT molecular complexity index is 1050. The molecule has 2 aromatic rings. The molecular weight excluding hydrogens is 441 g/mol. The number of methoxy groups -OCH3 is 1.